The number of nitrogens with one attached hydrogen (secondary N) is 1. The molecule has 1 nitrogen and oxygen atoms in total. The monoisotopic (exact) mass is 381 g/mol. The van der Waals surface area contributed by atoms with E-state index in [0.29, 0.717) is 0 Å². The maximum absolute atomic E-state index is 3.47. The van der Waals surface area contributed by atoms with Gasteiger partial charge in [0.15, 0.2) is 0 Å². The molecule has 100 valence electrons. The van der Waals surface area contributed by atoms with Crippen molar-refractivity contribution in [3.8, 4) is 0 Å². The van der Waals surface area contributed by atoms with Gasteiger partial charge in [0.25, 0.3) is 0 Å². The first kappa shape index (κ1) is 14.8. The normalized spacial score (nSPS) is 10.6. The van der Waals surface area contributed by atoms with Crippen LogP contribution in [0.15, 0.2) is 48.5 Å². The second-order valence-electron chi connectivity index (χ2n) is 4.50. The fraction of sp³-hybridized carbons (Fsp3) is 0.250. The van der Waals surface area contributed by atoms with E-state index in [4.69, 9.17) is 0 Å². The molecule has 0 saturated carbocycles. The number of alkyl halides is 2. The molecule has 0 saturated heterocycles. The molecule has 0 aliphatic carbocycles. The average molecular weight is 383 g/mol. The molecule has 0 radical (unpaired) electrons. The molecule has 2 rings (SSSR count). The predicted molar refractivity (Wildman–Crippen MR) is 88.7 cm³/mol. The first-order valence-corrected chi connectivity index (χ1v) is 8.54. The van der Waals surface area contributed by atoms with Crippen molar-refractivity contribution in [2.75, 3.05) is 0 Å². The molecule has 0 fully saturated rings. The van der Waals surface area contributed by atoms with Crippen LogP contribution in [0.25, 0.3) is 0 Å². The molecule has 0 unspecified atom stereocenters. The Labute approximate surface area is 131 Å². The van der Waals surface area contributed by atoms with Gasteiger partial charge in [0.05, 0.1) is 0 Å². The molecule has 0 spiro atoms. The summed E-state index contributed by atoms with van der Waals surface area (Å²) in [5, 5.41) is 5.30. The fourth-order valence-electron chi connectivity index (χ4n) is 1.84. The third-order valence-corrected chi connectivity index (χ3v) is 4.31. The maximum Gasteiger partial charge on any atom is 0.0283 e. The van der Waals surface area contributed by atoms with E-state index in [9.17, 15) is 0 Å². The molecular weight excluding hydrogens is 366 g/mol. The van der Waals surface area contributed by atoms with E-state index in [1.165, 1.54) is 22.3 Å². The molecule has 0 bridgehead atoms. The SMILES string of the molecule is BrCc1ccc(CNCc2ccc(CBr)cc2)cc1. The highest BCUT2D eigenvalue weighted by Gasteiger charge is 1.96. The summed E-state index contributed by atoms with van der Waals surface area (Å²) < 4.78 is 0. The lowest BCUT2D eigenvalue weighted by atomic mass is 10.1. The molecule has 0 aromatic heterocycles. The van der Waals surface area contributed by atoms with Crippen LogP contribution in [0.4, 0.5) is 0 Å². The van der Waals surface area contributed by atoms with Crippen LogP contribution in [0.3, 0.4) is 0 Å². The van der Waals surface area contributed by atoms with Gasteiger partial charge >= 0.3 is 0 Å². The van der Waals surface area contributed by atoms with Crippen molar-refractivity contribution in [3.63, 3.8) is 0 Å². The Balaban J connectivity index is 1.81. The molecule has 0 atom stereocenters. The van der Waals surface area contributed by atoms with Crippen LogP contribution < -0.4 is 5.32 Å². The van der Waals surface area contributed by atoms with Gasteiger partial charge in [-0.2, -0.15) is 0 Å². The van der Waals surface area contributed by atoms with E-state index < -0.39 is 0 Å². The Hall–Kier alpha value is -0.640. The predicted octanol–water partition coefficient (Wildman–Crippen LogP) is 4.77. The first-order chi connectivity index (χ1) is 9.31. The van der Waals surface area contributed by atoms with Crippen LogP contribution in [0.1, 0.15) is 22.3 Å². The molecule has 0 aliphatic heterocycles. The summed E-state index contributed by atoms with van der Waals surface area (Å²) in [6.07, 6.45) is 0. The van der Waals surface area contributed by atoms with E-state index >= 15 is 0 Å². The summed E-state index contributed by atoms with van der Waals surface area (Å²) in [5.41, 5.74) is 5.27. The van der Waals surface area contributed by atoms with Crippen molar-refractivity contribution in [2.45, 2.75) is 23.7 Å². The molecule has 0 aliphatic rings. The van der Waals surface area contributed by atoms with Gasteiger partial charge in [0.2, 0.25) is 0 Å². The van der Waals surface area contributed by atoms with Gasteiger partial charge in [0, 0.05) is 23.7 Å². The number of benzene rings is 2. The summed E-state index contributed by atoms with van der Waals surface area (Å²) in [7, 11) is 0. The molecule has 2 aromatic rings. The lowest BCUT2D eigenvalue weighted by Crippen LogP contribution is -2.12. The van der Waals surface area contributed by atoms with Gasteiger partial charge < -0.3 is 5.32 Å². The van der Waals surface area contributed by atoms with Crippen molar-refractivity contribution >= 4 is 31.9 Å². The highest BCUT2D eigenvalue weighted by molar-refractivity contribution is 9.08. The van der Waals surface area contributed by atoms with Crippen molar-refractivity contribution in [1.29, 1.82) is 0 Å². The zero-order chi connectivity index (χ0) is 13.5. The van der Waals surface area contributed by atoms with E-state index in [0.717, 1.165) is 23.7 Å². The molecule has 19 heavy (non-hydrogen) atoms. The lowest BCUT2D eigenvalue weighted by Gasteiger charge is -2.06. The van der Waals surface area contributed by atoms with Crippen LogP contribution in [0.5, 0.6) is 0 Å². The van der Waals surface area contributed by atoms with Gasteiger partial charge in [-0.15, -0.1) is 0 Å². The van der Waals surface area contributed by atoms with Crippen molar-refractivity contribution in [2.24, 2.45) is 0 Å². The summed E-state index contributed by atoms with van der Waals surface area (Å²) in [5.74, 6) is 0. The fourth-order valence-corrected chi connectivity index (χ4v) is 2.59. The van der Waals surface area contributed by atoms with E-state index in [-0.39, 0.29) is 0 Å². The van der Waals surface area contributed by atoms with Crippen LogP contribution in [0, 0.1) is 0 Å². The summed E-state index contributed by atoms with van der Waals surface area (Å²) in [6, 6.07) is 17.4. The van der Waals surface area contributed by atoms with E-state index in [1.54, 1.807) is 0 Å². The van der Waals surface area contributed by atoms with Crippen LogP contribution in [-0.4, -0.2) is 0 Å². The van der Waals surface area contributed by atoms with Gasteiger partial charge in [0.1, 0.15) is 0 Å². The molecule has 2 aromatic carbocycles. The minimum atomic E-state index is 0.906. The van der Waals surface area contributed by atoms with Crippen LogP contribution >= 0.6 is 31.9 Å². The molecule has 0 amide bonds. The quantitative estimate of drug-likeness (QED) is 0.709. The summed E-state index contributed by atoms with van der Waals surface area (Å²) in [4.78, 5) is 0. The van der Waals surface area contributed by atoms with E-state index in [2.05, 4.69) is 85.7 Å². The van der Waals surface area contributed by atoms with Crippen molar-refractivity contribution < 1.29 is 0 Å². The third-order valence-electron chi connectivity index (χ3n) is 3.01. The minimum absolute atomic E-state index is 0.906. The van der Waals surface area contributed by atoms with Gasteiger partial charge in [-0.1, -0.05) is 80.4 Å². The summed E-state index contributed by atoms with van der Waals surface area (Å²) >= 11 is 6.92. The zero-order valence-corrected chi connectivity index (χ0v) is 13.9. The Kier molecular flexibility index (Phi) is 6.08. The Morgan fingerprint density at radius 1 is 0.579 bits per heavy atom. The number of hydrogen-bond acceptors (Lipinski definition) is 1. The molecule has 0 heterocycles. The Morgan fingerprint density at radius 2 is 0.895 bits per heavy atom. The smallest absolute Gasteiger partial charge is 0.0283 e. The standard InChI is InChI=1S/C16H17Br2N/c17-9-13-1-5-15(6-2-13)11-19-12-16-7-3-14(10-18)4-8-16/h1-8,19H,9-12H2. The maximum atomic E-state index is 3.47. The zero-order valence-electron chi connectivity index (χ0n) is 10.7. The molecule has 1 N–H and O–H groups in total. The highest BCUT2D eigenvalue weighted by Crippen LogP contribution is 2.09. The molecule has 3 heteroatoms. The number of halogens is 2. The minimum Gasteiger partial charge on any atom is -0.309 e. The second kappa shape index (κ2) is 7.83. The molecular formula is C16H17Br2N. The Morgan fingerprint density at radius 3 is 1.21 bits per heavy atom. The first-order valence-electron chi connectivity index (χ1n) is 6.30. The summed E-state index contributed by atoms with van der Waals surface area (Å²) in [6.45, 7) is 1.81. The number of hydrogen-bond donors (Lipinski definition) is 1. The van der Waals surface area contributed by atoms with Crippen molar-refractivity contribution in [3.05, 3.63) is 70.8 Å². The van der Waals surface area contributed by atoms with Gasteiger partial charge in [-0.05, 0) is 22.3 Å². The van der Waals surface area contributed by atoms with E-state index in [1.807, 2.05) is 0 Å². The number of rotatable bonds is 6. The second-order valence-corrected chi connectivity index (χ2v) is 5.63. The third kappa shape index (κ3) is 4.75. The average Bonchev–Trinajstić information content (AvgIpc) is 2.49. The van der Waals surface area contributed by atoms with Crippen molar-refractivity contribution in [1.82, 2.24) is 5.32 Å². The Bertz CT molecular complexity index is 444. The topological polar surface area (TPSA) is 12.0 Å². The highest BCUT2D eigenvalue weighted by atomic mass is 79.9. The van der Waals surface area contributed by atoms with Gasteiger partial charge in [-0.25, -0.2) is 0 Å². The van der Waals surface area contributed by atoms with Crippen LogP contribution in [0.2, 0.25) is 0 Å². The van der Waals surface area contributed by atoms with Crippen LogP contribution in [-0.2, 0) is 23.7 Å². The largest absolute Gasteiger partial charge is 0.309 e. The van der Waals surface area contributed by atoms with Gasteiger partial charge in [-0.3, -0.25) is 0 Å². The lowest BCUT2D eigenvalue weighted by molar-refractivity contribution is 0.693.